The van der Waals surface area contributed by atoms with Gasteiger partial charge in [0.25, 0.3) is 0 Å². The summed E-state index contributed by atoms with van der Waals surface area (Å²) in [6.45, 7) is 5.45. The van der Waals surface area contributed by atoms with E-state index in [9.17, 15) is 9.59 Å². The maximum absolute atomic E-state index is 12.3. The Morgan fingerprint density at radius 2 is 2.16 bits per heavy atom. The molecule has 3 unspecified atom stereocenters. The average Bonchev–Trinajstić information content (AvgIpc) is 2.42. The first kappa shape index (κ1) is 16.0. The summed E-state index contributed by atoms with van der Waals surface area (Å²) in [5, 5.41) is 8.71. The van der Waals surface area contributed by atoms with Gasteiger partial charge >= 0.3 is 5.97 Å². The molecule has 0 aromatic heterocycles. The molecule has 1 aliphatic rings. The molecule has 1 aliphatic heterocycles. The monoisotopic (exact) mass is 270 g/mol. The van der Waals surface area contributed by atoms with Gasteiger partial charge in [-0.3, -0.25) is 9.59 Å². The molecule has 1 rings (SSSR count). The van der Waals surface area contributed by atoms with Crippen LogP contribution in [0, 0.1) is 11.8 Å². The summed E-state index contributed by atoms with van der Waals surface area (Å²) in [4.78, 5) is 24.7. The summed E-state index contributed by atoms with van der Waals surface area (Å²) in [6, 6.07) is -0.428. The Kier molecular flexibility index (Phi) is 6.28. The van der Waals surface area contributed by atoms with E-state index in [0.717, 1.165) is 25.8 Å². The van der Waals surface area contributed by atoms with Gasteiger partial charge in [-0.1, -0.05) is 20.3 Å². The van der Waals surface area contributed by atoms with Gasteiger partial charge in [0.05, 0.1) is 6.04 Å². The van der Waals surface area contributed by atoms with Crippen molar-refractivity contribution < 1.29 is 14.7 Å². The topological polar surface area (TPSA) is 83.6 Å². The van der Waals surface area contributed by atoms with Gasteiger partial charge in [0.2, 0.25) is 5.91 Å². The largest absolute Gasteiger partial charge is 0.481 e. The van der Waals surface area contributed by atoms with E-state index < -0.39 is 12.0 Å². The van der Waals surface area contributed by atoms with E-state index in [-0.39, 0.29) is 18.2 Å². The number of carboxylic acids is 1. The van der Waals surface area contributed by atoms with E-state index in [2.05, 4.69) is 0 Å². The molecule has 1 fully saturated rings. The van der Waals surface area contributed by atoms with Crippen molar-refractivity contribution in [3.8, 4) is 0 Å². The van der Waals surface area contributed by atoms with Crippen molar-refractivity contribution in [2.75, 3.05) is 13.1 Å². The average molecular weight is 270 g/mol. The molecule has 0 saturated carbocycles. The number of piperidine rings is 1. The van der Waals surface area contributed by atoms with Crippen LogP contribution in [0.2, 0.25) is 0 Å². The number of nitrogens with zero attached hydrogens (tertiary/aromatic N) is 1. The summed E-state index contributed by atoms with van der Waals surface area (Å²) in [6.07, 6.45) is 3.68. The third kappa shape index (κ3) is 4.82. The molecule has 0 spiro atoms. The van der Waals surface area contributed by atoms with Crippen LogP contribution >= 0.6 is 0 Å². The summed E-state index contributed by atoms with van der Waals surface area (Å²) in [7, 11) is 0. The predicted octanol–water partition coefficient (Wildman–Crippen LogP) is 1.46. The van der Waals surface area contributed by atoms with Crippen molar-refractivity contribution in [1.82, 2.24) is 4.90 Å². The minimum absolute atomic E-state index is 0.0226. The SMILES string of the molecule is CCC(C)C(N)C(=O)N1CCCC(CCC(=O)O)C1. The molecule has 1 saturated heterocycles. The van der Waals surface area contributed by atoms with Crippen LogP contribution in [-0.4, -0.2) is 41.0 Å². The molecule has 0 aromatic carbocycles. The second-order valence-corrected chi connectivity index (χ2v) is 5.64. The fraction of sp³-hybridized carbons (Fsp3) is 0.857. The van der Waals surface area contributed by atoms with E-state index >= 15 is 0 Å². The Morgan fingerprint density at radius 1 is 1.47 bits per heavy atom. The van der Waals surface area contributed by atoms with Gasteiger partial charge < -0.3 is 15.7 Å². The van der Waals surface area contributed by atoms with Crippen molar-refractivity contribution in [1.29, 1.82) is 0 Å². The molecule has 3 atom stereocenters. The molecule has 3 N–H and O–H groups in total. The molecule has 110 valence electrons. The smallest absolute Gasteiger partial charge is 0.303 e. The number of carbonyl (C=O) groups excluding carboxylic acids is 1. The fourth-order valence-electron chi connectivity index (χ4n) is 2.54. The number of likely N-dealkylation sites (tertiary alicyclic amines) is 1. The Hall–Kier alpha value is -1.10. The highest BCUT2D eigenvalue weighted by molar-refractivity contribution is 5.82. The van der Waals surface area contributed by atoms with Crippen LogP contribution in [0.1, 0.15) is 46.0 Å². The first-order chi connectivity index (χ1) is 8.95. The zero-order valence-electron chi connectivity index (χ0n) is 12.0. The van der Waals surface area contributed by atoms with Crippen molar-refractivity contribution in [2.45, 2.75) is 52.0 Å². The number of nitrogens with two attached hydrogens (primary N) is 1. The second-order valence-electron chi connectivity index (χ2n) is 5.64. The highest BCUT2D eigenvalue weighted by Gasteiger charge is 2.29. The Bertz CT molecular complexity index is 320. The normalized spacial score (nSPS) is 22.9. The molecule has 0 aliphatic carbocycles. The van der Waals surface area contributed by atoms with Crippen LogP contribution in [-0.2, 0) is 9.59 Å². The lowest BCUT2D eigenvalue weighted by Gasteiger charge is -2.35. The number of aliphatic carboxylic acids is 1. The Morgan fingerprint density at radius 3 is 2.74 bits per heavy atom. The number of carbonyl (C=O) groups is 2. The molecular formula is C14H26N2O3. The van der Waals surface area contributed by atoms with Crippen molar-refractivity contribution in [3.63, 3.8) is 0 Å². The zero-order chi connectivity index (χ0) is 14.4. The van der Waals surface area contributed by atoms with Crippen molar-refractivity contribution >= 4 is 11.9 Å². The van der Waals surface area contributed by atoms with Crippen LogP contribution in [0.25, 0.3) is 0 Å². The van der Waals surface area contributed by atoms with E-state index in [1.807, 2.05) is 18.7 Å². The summed E-state index contributed by atoms with van der Waals surface area (Å²) < 4.78 is 0. The van der Waals surface area contributed by atoms with Crippen LogP contribution in [0.5, 0.6) is 0 Å². The maximum Gasteiger partial charge on any atom is 0.303 e. The van der Waals surface area contributed by atoms with E-state index in [0.29, 0.717) is 18.9 Å². The highest BCUT2D eigenvalue weighted by atomic mass is 16.4. The standard InChI is InChI=1S/C14H26N2O3/c1-3-10(2)13(15)14(19)16-8-4-5-11(9-16)6-7-12(17)18/h10-11,13H,3-9,15H2,1-2H3,(H,17,18). The van der Waals surface area contributed by atoms with Gasteiger partial charge in [0, 0.05) is 19.5 Å². The van der Waals surface area contributed by atoms with Crippen molar-refractivity contribution in [3.05, 3.63) is 0 Å². The molecule has 0 radical (unpaired) electrons. The van der Waals surface area contributed by atoms with Gasteiger partial charge in [0.1, 0.15) is 0 Å². The Labute approximate surface area is 115 Å². The van der Waals surface area contributed by atoms with Crippen LogP contribution in [0.4, 0.5) is 0 Å². The molecule has 0 bridgehead atoms. The first-order valence-corrected chi connectivity index (χ1v) is 7.21. The van der Waals surface area contributed by atoms with Crippen LogP contribution in [0.15, 0.2) is 0 Å². The molecule has 1 amide bonds. The van der Waals surface area contributed by atoms with Gasteiger partial charge in [-0.2, -0.15) is 0 Å². The predicted molar refractivity (Wildman–Crippen MR) is 73.6 cm³/mol. The van der Waals surface area contributed by atoms with Gasteiger partial charge in [-0.15, -0.1) is 0 Å². The van der Waals surface area contributed by atoms with Gasteiger partial charge in [0.15, 0.2) is 0 Å². The lowest BCUT2D eigenvalue weighted by atomic mass is 9.91. The highest BCUT2D eigenvalue weighted by Crippen LogP contribution is 2.22. The summed E-state index contributed by atoms with van der Waals surface area (Å²) in [5.74, 6) is -0.251. The number of rotatable bonds is 6. The lowest BCUT2D eigenvalue weighted by Crippen LogP contribution is -2.50. The van der Waals surface area contributed by atoms with Crippen LogP contribution < -0.4 is 5.73 Å². The third-order valence-electron chi connectivity index (χ3n) is 4.14. The number of carboxylic acid groups (broad SMARTS) is 1. The van der Waals surface area contributed by atoms with Gasteiger partial charge in [-0.05, 0) is 31.1 Å². The fourth-order valence-corrected chi connectivity index (χ4v) is 2.54. The van der Waals surface area contributed by atoms with Crippen LogP contribution in [0.3, 0.4) is 0 Å². The molecule has 1 heterocycles. The van der Waals surface area contributed by atoms with E-state index in [1.165, 1.54) is 0 Å². The van der Waals surface area contributed by atoms with E-state index in [4.69, 9.17) is 10.8 Å². The number of amides is 1. The second kappa shape index (κ2) is 7.48. The number of hydrogen-bond donors (Lipinski definition) is 2. The Balaban J connectivity index is 2.49. The quantitative estimate of drug-likeness (QED) is 0.765. The molecule has 5 heteroatoms. The van der Waals surface area contributed by atoms with Crippen molar-refractivity contribution in [2.24, 2.45) is 17.6 Å². The minimum atomic E-state index is -0.764. The minimum Gasteiger partial charge on any atom is -0.481 e. The molecule has 19 heavy (non-hydrogen) atoms. The summed E-state index contributed by atoms with van der Waals surface area (Å²) in [5.41, 5.74) is 5.98. The maximum atomic E-state index is 12.3. The molecule has 5 nitrogen and oxygen atoms in total. The first-order valence-electron chi connectivity index (χ1n) is 7.21. The van der Waals surface area contributed by atoms with E-state index in [1.54, 1.807) is 0 Å². The molecular weight excluding hydrogens is 244 g/mol. The third-order valence-corrected chi connectivity index (χ3v) is 4.14. The van der Waals surface area contributed by atoms with Gasteiger partial charge in [-0.25, -0.2) is 0 Å². The number of hydrogen-bond acceptors (Lipinski definition) is 3. The molecule has 0 aromatic rings. The zero-order valence-corrected chi connectivity index (χ0v) is 12.0. The summed E-state index contributed by atoms with van der Waals surface area (Å²) >= 11 is 0. The lowest BCUT2D eigenvalue weighted by molar-refractivity contribution is -0.137.